The molecule has 3 aromatic heterocycles. The molecule has 232 valence electrons. The Morgan fingerprint density at radius 1 is 1.07 bits per heavy atom. The molecule has 0 aliphatic carbocycles. The Morgan fingerprint density at radius 2 is 1.84 bits per heavy atom. The average Bonchev–Trinajstić information content (AvgIpc) is 3.44. The fourth-order valence-electron chi connectivity index (χ4n) is 5.89. The van der Waals surface area contributed by atoms with Gasteiger partial charge in [0, 0.05) is 48.3 Å². The van der Waals surface area contributed by atoms with E-state index in [2.05, 4.69) is 20.3 Å². The maximum atomic E-state index is 15.0. The maximum Gasteiger partial charge on any atom is 0.417 e. The molecule has 1 aromatic carbocycles. The van der Waals surface area contributed by atoms with E-state index in [1.54, 1.807) is 40.3 Å². The summed E-state index contributed by atoms with van der Waals surface area (Å²) in [5, 5.41) is 2.58. The van der Waals surface area contributed by atoms with Gasteiger partial charge in [0.2, 0.25) is 11.8 Å². The van der Waals surface area contributed by atoms with Crippen molar-refractivity contribution in [3.63, 3.8) is 0 Å². The highest BCUT2D eigenvalue weighted by Gasteiger charge is 2.38. The summed E-state index contributed by atoms with van der Waals surface area (Å²) in [6.45, 7) is 1.87. The molecule has 0 saturated carbocycles. The predicted molar refractivity (Wildman–Crippen MR) is 160 cm³/mol. The standard InChI is InChI=1S/C32H27ClF4N6O2/c1-18-3-2-4-27(43-10-8-20(12-28(43)44)29-23(32(35,36)37)5-6-24(33)30(29)34)25-11-19(7-9-40-25)22-15-42(16-26(22)41-31(18)45)21-13-38-17-39-14-21/h5-7,9,11-18,27H,2-4,8,10H2,1H3,(H,41,45)/t18-,27+/m1/s1. The van der Waals surface area contributed by atoms with Gasteiger partial charge in [-0.1, -0.05) is 24.9 Å². The Labute approximate surface area is 260 Å². The van der Waals surface area contributed by atoms with Crippen LogP contribution >= 0.6 is 11.6 Å². The first kappa shape index (κ1) is 30.4. The minimum atomic E-state index is -4.84. The highest BCUT2D eigenvalue weighted by molar-refractivity contribution is 6.31. The minimum Gasteiger partial charge on any atom is -0.330 e. The molecule has 4 aromatic rings. The zero-order valence-electron chi connectivity index (χ0n) is 24.0. The van der Waals surface area contributed by atoms with Crippen LogP contribution < -0.4 is 5.32 Å². The van der Waals surface area contributed by atoms with Crippen LogP contribution in [-0.2, 0) is 15.8 Å². The van der Waals surface area contributed by atoms with E-state index in [1.165, 1.54) is 6.33 Å². The molecule has 2 atom stereocenters. The highest BCUT2D eigenvalue weighted by Crippen LogP contribution is 2.42. The van der Waals surface area contributed by atoms with Crippen molar-refractivity contribution in [2.45, 2.75) is 44.8 Å². The molecule has 0 unspecified atom stereocenters. The van der Waals surface area contributed by atoms with Gasteiger partial charge in [0.15, 0.2) is 0 Å². The number of rotatable bonds is 3. The zero-order valence-corrected chi connectivity index (χ0v) is 24.7. The maximum absolute atomic E-state index is 15.0. The molecule has 6 rings (SSSR count). The molecule has 45 heavy (non-hydrogen) atoms. The molecule has 1 N–H and O–H groups in total. The van der Waals surface area contributed by atoms with Crippen LogP contribution in [0.2, 0.25) is 5.02 Å². The monoisotopic (exact) mass is 638 g/mol. The molecule has 0 fully saturated rings. The zero-order chi connectivity index (χ0) is 31.9. The summed E-state index contributed by atoms with van der Waals surface area (Å²) in [6, 6.07) is 4.69. The number of halogens is 5. The fourth-order valence-corrected chi connectivity index (χ4v) is 6.04. The van der Waals surface area contributed by atoms with E-state index < -0.39 is 40.1 Å². The van der Waals surface area contributed by atoms with Gasteiger partial charge >= 0.3 is 6.18 Å². The number of pyridine rings is 1. The van der Waals surface area contributed by atoms with E-state index in [-0.39, 0.29) is 30.4 Å². The molecule has 0 saturated heterocycles. The number of fused-ring (bicyclic) bond motifs is 4. The number of nitrogens with one attached hydrogen (secondary N) is 1. The molecular weight excluding hydrogens is 612 g/mol. The van der Waals surface area contributed by atoms with Gasteiger partial charge in [-0.3, -0.25) is 14.6 Å². The largest absolute Gasteiger partial charge is 0.417 e. The smallest absolute Gasteiger partial charge is 0.330 e. The first-order chi connectivity index (χ1) is 21.5. The predicted octanol–water partition coefficient (Wildman–Crippen LogP) is 7.26. The molecular formula is C32H27ClF4N6O2. The Balaban J connectivity index is 1.39. The Bertz CT molecular complexity index is 1810. The van der Waals surface area contributed by atoms with Crippen molar-refractivity contribution in [1.82, 2.24) is 24.4 Å². The number of carbonyl (C=O) groups is 2. The number of hydrogen-bond acceptors (Lipinski definition) is 5. The minimum absolute atomic E-state index is 0.0206. The number of hydrogen-bond donors (Lipinski definition) is 1. The molecule has 0 radical (unpaired) electrons. The van der Waals surface area contributed by atoms with Crippen molar-refractivity contribution in [2.24, 2.45) is 5.92 Å². The molecule has 2 aliphatic rings. The van der Waals surface area contributed by atoms with Crippen molar-refractivity contribution in [2.75, 3.05) is 11.9 Å². The van der Waals surface area contributed by atoms with Gasteiger partial charge in [-0.05, 0) is 54.7 Å². The van der Waals surface area contributed by atoms with Crippen LogP contribution in [-0.4, -0.2) is 42.8 Å². The van der Waals surface area contributed by atoms with E-state index in [9.17, 15) is 22.8 Å². The molecule has 13 heteroatoms. The summed E-state index contributed by atoms with van der Waals surface area (Å²) in [4.78, 5) is 41.1. The molecule has 2 bridgehead atoms. The Morgan fingerprint density at radius 3 is 2.58 bits per heavy atom. The van der Waals surface area contributed by atoms with Crippen LogP contribution in [0, 0.1) is 11.7 Å². The van der Waals surface area contributed by atoms with Crippen LogP contribution in [0.15, 0.2) is 67.7 Å². The number of nitrogens with zero attached hydrogens (tertiary/aromatic N) is 5. The van der Waals surface area contributed by atoms with Crippen LogP contribution in [0.3, 0.4) is 0 Å². The first-order valence-electron chi connectivity index (χ1n) is 14.3. The van der Waals surface area contributed by atoms with Gasteiger partial charge in [-0.25, -0.2) is 14.4 Å². The average molecular weight is 639 g/mol. The van der Waals surface area contributed by atoms with Crippen molar-refractivity contribution < 1.29 is 27.2 Å². The number of anilines is 1. The first-order valence-corrected chi connectivity index (χ1v) is 14.7. The lowest BCUT2D eigenvalue weighted by Crippen LogP contribution is -2.38. The Kier molecular flexibility index (Phi) is 8.17. The normalized spacial score (nSPS) is 19.2. The second-order valence-corrected chi connectivity index (χ2v) is 11.5. The van der Waals surface area contributed by atoms with E-state index in [4.69, 9.17) is 11.6 Å². The van der Waals surface area contributed by atoms with E-state index in [0.717, 1.165) is 23.8 Å². The SMILES string of the molecule is C[C@@H]1CCC[C@H](N2CCC(c3c(C(F)(F)F)ccc(Cl)c3F)=CC2=O)c2cc(ccn2)-c2cn(-c3cncnc3)cc2NC1=O. The van der Waals surface area contributed by atoms with E-state index in [1.807, 2.05) is 19.2 Å². The van der Waals surface area contributed by atoms with Crippen molar-refractivity contribution in [3.05, 3.63) is 95.3 Å². The summed E-state index contributed by atoms with van der Waals surface area (Å²) in [7, 11) is 0. The number of carbonyl (C=O) groups excluding carboxylic acids is 2. The lowest BCUT2D eigenvalue weighted by atomic mass is 9.91. The molecule has 8 nitrogen and oxygen atoms in total. The number of amides is 2. The van der Waals surface area contributed by atoms with Gasteiger partial charge in [0.05, 0.1) is 46.1 Å². The van der Waals surface area contributed by atoms with Crippen LogP contribution in [0.5, 0.6) is 0 Å². The quantitative estimate of drug-likeness (QED) is 0.239. The van der Waals surface area contributed by atoms with Crippen molar-refractivity contribution in [3.8, 4) is 16.8 Å². The van der Waals surface area contributed by atoms with Crippen molar-refractivity contribution >= 4 is 34.7 Å². The second kappa shape index (κ2) is 12.1. The lowest BCUT2D eigenvalue weighted by molar-refractivity contribution is -0.138. The molecule has 2 aliphatic heterocycles. The van der Waals surface area contributed by atoms with Crippen molar-refractivity contribution in [1.29, 1.82) is 0 Å². The summed E-state index contributed by atoms with van der Waals surface area (Å²) in [6.07, 6.45) is 7.70. The highest BCUT2D eigenvalue weighted by atomic mass is 35.5. The molecule has 2 amide bonds. The third kappa shape index (κ3) is 6.06. The third-order valence-corrected chi connectivity index (χ3v) is 8.52. The van der Waals surface area contributed by atoms with Crippen LogP contribution in [0.4, 0.5) is 23.2 Å². The van der Waals surface area contributed by atoms with Crippen LogP contribution in [0.1, 0.15) is 55.5 Å². The van der Waals surface area contributed by atoms with Gasteiger partial charge < -0.3 is 14.8 Å². The topological polar surface area (TPSA) is 93.0 Å². The lowest BCUT2D eigenvalue weighted by Gasteiger charge is -2.35. The van der Waals surface area contributed by atoms with Crippen LogP contribution in [0.25, 0.3) is 22.4 Å². The second-order valence-electron chi connectivity index (χ2n) is 11.1. The molecule has 5 heterocycles. The molecule has 0 spiro atoms. The van der Waals surface area contributed by atoms with Gasteiger partial charge in [-0.2, -0.15) is 13.2 Å². The number of alkyl halides is 3. The van der Waals surface area contributed by atoms with Gasteiger partial charge in [0.1, 0.15) is 12.1 Å². The Hall–Kier alpha value is -4.58. The van der Waals surface area contributed by atoms with Gasteiger partial charge in [0.25, 0.3) is 0 Å². The third-order valence-electron chi connectivity index (χ3n) is 8.23. The number of aromatic nitrogens is 4. The summed E-state index contributed by atoms with van der Waals surface area (Å²) >= 11 is 5.85. The summed E-state index contributed by atoms with van der Waals surface area (Å²) < 4.78 is 58.2. The number of benzene rings is 1. The van der Waals surface area contributed by atoms with Gasteiger partial charge in [-0.15, -0.1) is 0 Å². The summed E-state index contributed by atoms with van der Waals surface area (Å²) in [5.41, 5.74) is 1.34. The fraction of sp³-hybridized carbons (Fsp3) is 0.281. The van der Waals surface area contributed by atoms with E-state index in [0.29, 0.717) is 41.9 Å². The van der Waals surface area contributed by atoms with E-state index >= 15 is 4.39 Å². The summed E-state index contributed by atoms with van der Waals surface area (Å²) in [5.74, 6) is -2.27.